The van der Waals surface area contributed by atoms with Crippen LogP contribution in [0.15, 0.2) is 0 Å². The number of carbonyl (C=O) groups excluding carboxylic acids is 2. The maximum Gasteiger partial charge on any atom is 0.305 e. The van der Waals surface area contributed by atoms with Crippen molar-refractivity contribution in [2.24, 2.45) is 0 Å². The first-order chi connectivity index (χ1) is 12.8. The predicted molar refractivity (Wildman–Crippen MR) is 90.4 cm³/mol. The van der Waals surface area contributed by atoms with E-state index in [1.54, 1.807) is 6.92 Å². The number of esters is 2. The van der Waals surface area contributed by atoms with Gasteiger partial charge in [0.25, 0.3) is 0 Å². The van der Waals surface area contributed by atoms with Gasteiger partial charge in [-0.1, -0.05) is 20.3 Å². The van der Waals surface area contributed by atoms with Crippen LogP contribution in [0.1, 0.15) is 39.5 Å². The summed E-state index contributed by atoms with van der Waals surface area (Å²) in [4.78, 5) is 23.2. The lowest BCUT2D eigenvalue weighted by atomic mass is 9.99. The number of aliphatic hydroxyl groups is 4. The average Bonchev–Trinajstić information content (AvgIpc) is 2.67. The van der Waals surface area contributed by atoms with E-state index < -0.39 is 55.4 Å². The highest BCUT2D eigenvalue weighted by Crippen LogP contribution is 2.22. The minimum atomic E-state index is -1.58. The Morgan fingerprint density at radius 3 is 2.33 bits per heavy atom. The van der Waals surface area contributed by atoms with Crippen LogP contribution >= 0.6 is 0 Å². The van der Waals surface area contributed by atoms with Crippen molar-refractivity contribution >= 4 is 11.9 Å². The molecule has 1 aliphatic heterocycles. The molecule has 10 heteroatoms. The van der Waals surface area contributed by atoms with Crippen LogP contribution in [0.3, 0.4) is 0 Å². The zero-order chi connectivity index (χ0) is 20.4. The summed E-state index contributed by atoms with van der Waals surface area (Å²) in [6, 6.07) is 0. The zero-order valence-electron chi connectivity index (χ0n) is 15.7. The predicted octanol–water partition coefficient (Wildman–Crippen LogP) is -1.14. The molecule has 1 fully saturated rings. The first kappa shape index (κ1) is 23.7. The molecule has 0 bridgehead atoms. The summed E-state index contributed by atoms with van der Waals surface area (Å²) in [5, 5.41) is 38.6. The second-order valence-corrected chi connectivity index (χ2v) is 6.28. The van der Waals surface area contributed by atoms with Crippen LogP contribution < -0.4 is 0 Å². The van der Waals surface area contributed by atoms with E-state index in [1.807, 2.05) is 6.92 Å². The van der Waals surface area contributed by atoms with E-state index >= 15 is 0 Å². The van der Waals surface area contributed by atoms with Gasteiger partial charge in [-0.2, -0.15) is 0 Å². The van der Waals surface area contributed by atoms with E-state index in [0.29, 0.717) is 6.42 Å². The van der Waals surface area contributed by atoms with Gasteiger partial charge in [0.1, 0.15) is 31.0 Å². The van der Waals surface area contributed by atoms with Crippen molar-refractivity contribution in [2.75, 3.05) is 19.8 Å². The van der Waals surface area contributed by atoms with Crippen molar-refractivity contribution in [1.82, 2.24) is 0 Å². The molecule has 0 aromatic heterocycles. The maximum atomic E-state index is 11.6. The third kappa shape index (κ3) is 7.68. The summed E-state index contributed by atoms with van der Waals surface area (Å²) in [5.41, 5.74) is 0. The molecule has 0 aliphatic carbocycles. The first-order valence-electron chi connectivity index (χ1n) is 9.11. The van der Waals surface area contributed by atoms with E-state index in [9.17, 15) is 24.9 Å². The van der Waals surface area contributed by atoms with Crippen molar-refractivity contribution in [3.63, 3.8) is 0 Å². The van der Waals surface area contributed by atoms with Crippen molar-refractivity contribution in [1.29, 1.82) is 0 Å². The van der Waals surface area contributed by atoms with Gasteiger partial charge in [-0.3, -0.25) is 9.59 Å². The average molecular weight is 394 g/mol. The summed E-state index contributed by atoms with van der Waals surface area (Å²) in [6.45, 7) is 2.44. The summed E-state index contributed by atoms with van der Waals surface area (Å²) in [5.74, 6) is -0.954. The molecule has 1 saturated heterocycles. The molecule has 10 nitrogen and oxygen atoms in total. The van der Waals surface area contributed by atoms with Crippen LogP contribution in [0, 0.1) is 0 Å². The van der Waals surface area contributed by atoms with Gasteiger partial charge in [0.05, 0.1) is 13.2 Å². The Bertz CT molecular complexity index is 455. The molecule has 1 rings (SSSR count). The number of aliphatic hydroxyl groups excluding tert-OH is 4. The molecule has 0 spiro atoms. The Morgan fingerprint density at radius 1 is 1.04 bits per heavy atom. The van der Waals surface area contributed by atoms with Crippen LogP contribution in [0.4, 0.5) is 0 Å². The highest BCUT2D eigenvalue weighted by Gasteiger charge is 2.44. The molecule has 0 radical (unpaired) electrons. The lowest BCUT2D eigenvalue weighted by Crippen LogP contribution is -2.59. The van der Waals surface area contributed by atoms with Crippen molar-refractivity contribution < 1.29 is 49.0 Å². The van der Waals surface area contributed by atoms with Crippen molar-refractivity contribution in [2.45, 2.75) is 76.3 Å². The number of unbranched alkanes of at least 4 members (excludes halogenated alkanes) is 1. The SMILES string of the molecule is CCCCC(=O)OC[C@H](CO[C@@H]1O[C@H](CO)[C@H](O)[C@H](O)[C@H]1O)OC(=O)CC. The number of hydrogen-bond acceptors (Lipinski definition) is 10. The first-order valence-corrected chi connectivity index (χ1v) is 9.11. The number of carbonyl (C=O) groups is 2. The van der Waals surface area contributed by atoms with Crippen molar-refractivity contribution in [3.8, 4) is 0 Å². The Kier molecular flexibility index (Phi) is 10.7. The fourth-order valence-electron chi connectivity index (χ4n) is 2.37. The van der Waals surface area contributed by atoms with Gasteiger partial charge in [-0.05, 0) is 6.42 Å². The van der Waals surface area contributed by atoms with Crippen LogP contribution in [0.5, 0.6) is 0 Å². The summed E-state index contributed by atoms with van der Waals surface area (Å²) < 4.78 is 20.8. The van der Waals surface area contributed by atoms with Gasteiger partial charge >= 0.3 is 11.9 Å². The molecule has 0 saturated carbocycles. The van der Waals surface area contributed by atoms with Crippen LogP contribution in [-0.4, -0.2) is 89.0 Å². The van der Waals surface area contributed by atoms with Gasteiger partial charge in [-0.25, -0.2) is 0 Å². The molecule has 0 aromatic rings. The minimum Gasteiger partial charge on any atom is -0.462 e. The second kappa shape index (κ2) is 12.2. The Morgan fingerprint density at radius 2 is 1.74 bits per heavy atom. The molecule has 6 atom stereocenters. The van der Waals surface area contributed by atoms with E-state index in [-0.39, 0.29) is 26.1 Å². The van der Waals surface area contributed by atoms with Gasteiger partial charge in [-0.15, -0.1) is 0 Å². The zero-order valence-corrected chi connectivity index (χ0v) is 15.7. The highest BCUT2D eigenvalue weighted by molar-refractivity contribution is 5.70. The van der Waals surface area contributed by atoms with E-state index in [1.165, 1.54) is 0 Å². The smallest absolute Gasteiger partial charge is 0.305 e. The third-order valence-electron chi connectivity index (χ3n) is 4.05. The van der Waals surface area contributed by atoms with Crippen LogP contribution in [0.2, 0.25) is 0 Å². The number of rotatable bonds is 11. The van der Waals surface area contributed by atoms with Crippen LogP contribution in [-0.2, 0) is 28.5 Å². The molecule has 1 aliphatic rings. The Hall–Kier alpha value is -1.30. The monoisotopic (exact) mass is 394 g/mol. The molecule has 4 N–H and O–H groups in total. The fraction of sp³-hybridized carbons (Fsp3) is 0.882. The Labute approximate surface area is 158 Å². The number of hydrogen-bond donors (Lipinski definition) is 4. The van der Waals surface area contributed by atoms with Gasteiger partial charge in [0, 0.05) is 12.8 Å². The van der Waals surface area contributed by atoms with Gasteiger partial charge < -0.3 is 39.4 Å². The van der Waals surface area contributed by atoms with Crippen molar-refractivity contribution in [3.05, 3.63) is 0 Å². The Balaban J connectivity index is 2.60. The lowest BCUT2D eigenvalue weighted by Gasteiger charge is -2.39. The van der Waals surface area contributed by atoms with Gasteiger partial charge in [0.15, 0.2) is 12.4 Å². The molecule has 27 heavy (non-hydrogen) atoms. The molecule has 158 valence electrons. The highest BCUT2D eigenvalue weighted by atomic mass is 16.7. The normalized spacial score (nSPS) is 29.2. The molecule has 1 heterocycles. The largest absolute Gasteiger partial charge is 0.462 e. The number of ether oxygens (including phenoxy) is 4. The fourth-order valence-corrected chi connectivity index (χ4v) is 2.37. The summed E-state index contributed by atoms with van der Waals surface area (Å²) >= 11 is 0. The second-order valence-electron chi connectivity index (χ2n) is 6.28. The third-order valence-corrected chi connectivity index (χ3v) is 4.05. The lowest BCUT2D eigenvalue weighted by molar-refractivity contribution is -0.305. The molecular weight excluding hydrogens is 364 g/mol. The quantitative estimate of drug-likeness (QED) is 0.316. The molecule has 0 unspecified atom stereocenters. The standard InChI is InChI=1S/C17H30O10/c1-3-5-6-13(20)24-8-10(26-12(19)4-2)9-25-17-16(23)15(22)14(21)11(7-18)27-17/h10-11,14-18,21-23H,3-9H2,1-2H3/t10-,11-,14+,15+,16-,17-/m1/s1. The van der Waals surface area contributed by atoms with Crippen LogP contribution in [0.25, 0.3) is 0 Å². The topological polar surface area (TPSA) is 152 Å². The van der Waals surface area contributed by atoms with E-state index in [2.05, 4.69) is 0 Å². The summed E-state index contributed by atoms with van der Waals surface area (Å²) in [6.07, 6.45) is -6.19. The molecule has 0 amide bonds. The maximum absolute atomic E-state index is 11.6. The van der Waals surface area contributed by atoms with Gasteiger partial charge in [0.2, 0.25) is 0 Å². The molecule has 0 aromatic carbocycles. The van der Waals surface area contributed by atoms with E-state index in [0.717, 1.165) is 6.42 Å². The minimum absolute atomic E-state index is 0.111. The molecular formula is C17H30O10. The van der Waals surface area contributed by atoms with E-state index in [4.69, 9.17) is 24.1 Å². The summed E-state index contributed by atoms with van der Waals surface area (Å²) in [7, 11) is 0.